The maximum atomic E-state index is 11.2. The molecule has 1 unspecified atom stereocenters. The fourth-order valence-electron chi connectivity index (χ4n) is 5.30. The zero-order valence-corrected chi connectivity index (χ0v) is 27.4. The van der Waals surface area contributed by atoms with E-state index in [4.69, 9.17) is 0 Å². The molecular weight excluding hydrogens is 500 g/mol. The third-order valence-corrected chi connectivity index (χ3v) is 7.79. The molecule has 3 aromatic rings. The summed E-state index contributed by atoms with van der Waals surface area (Å²) in [6.07, 6.45) is 3.96. The Balaban J connectivity index is 1.88. The number of nitrogens with one attached hydrogen (secondary N) is 1. The standard InChI is InChI=1S/C38H54N2O/c1-27(17-18-29-25-33(37(6,7)8)35(41)34(26-29)38(9,10)11)40(28(2)23-24-36(3,4)5)32-21-19-31(20-22-32)39-30-15-13-12-14-16-30/h12-16,19-22,25-26,28,39,41H,1,17-18,23-24H2,2-11H3. The first-order chi connectivity index (χ1) is 19.0. The zero-order valence-electron chi connectivity index (χ0n) is 27.4. The van der Waals surface area contributed by atoms with Crippen molar-refractivity contribution in [1.29, 1.82) is 0 Å². The lowest BCUT2D eigenvalue weighted by Crippen LogP contribution is -2.33. The van der Waals surface area contributed by atoms with Crippen LogP contribution in [0.25, 0.3) is 0 Å². The fraction of sp³-hybridized carbons (Fsp3) is 0.474. The van der Waals surface area contributed by atoms with Gasteiger partial charge < -0.3 is 15.3 Å². The molecule has 222 valence electrons. The van der Waals surface area contributed by atoms with E-state index < -0.39 is 0 Å². The fourth-order valence-corrected chi connectivity index (χ4v) is 5.30. The molecule has 3 aromatic carbocycles. The number of rotatable bonds is 10. The lowest BCUT2D eigenvalue weighted by atomic mass is 9.78. The summed E-state index contributed by atoms with van der Waals surface area (Å²) in [6, 6.07) is 23.7. The number of nitrogens with zero attached hydrogens (tertiary/aromatic N) is 1. The lowest BCUT2D eigenvalue weighted by Gasteiger charge is -2.35. The molecule has 0 saturated carbocycles. The van der Waals surface area contributed by atoms with Gasteiger partial charge in [0.25, 0.3) is 0 Å². The number of aryl methyl sites for hydroxylation is 1. The van der Waals surface area contributed by atoms with Gasteiger partial charge in [0.1, 0.15) is 5.75 Å². The van der Waals surface area contributed by atoms with E-state index in [1.165, 1.54) is 11.3 Å². The molecule has 0 saturated heterocycles. The Labute approximate surface area is 250 Å². The number of aromatic hydroxyl groups is 1. The Hall–Kier alpha value is -3.20. The molecule has 3 nitrogen and oxygen atoms in total. The average molecular weight is 555 g/mol. The van der Waals surface area contributed by atoms with E-state index >= 15 is 0 Å². The van der Waals surface area contributed by atoms with Crippen LogP contribution in [-0.2, 0) is 17.3 Å². The van der Waals surface area contributed by atoms with Crippen LogP contribution < -0.4 is 10.2 Å². The van der Waals surface area contributed by atoms with Gasteiger partial charge in [0.15, 0.2) is 0 Å². The normalized spacial score (nSPS) is 13.1. The van der Waals surface area contributed by atoms with Gasteiger partial charge in [-0.3, -0.25) is 0 Å². The number of phenolic OH excluding ortho intramolecular Hbond substituents is 1. The van der Waals surface area contributed by atoms with E-state index in [0.29, 0.717) is 11.8 Å². The minimum Gasteiger partial charge on any atom is -0.507 e. The number of anilines is 3. The number of hydrogen-bond donors (Lipinski definition) is 2. The lowest BCUT2D eigenvalue weighted by molar-refractivity contribution is 0.350. The van der Waals surface area contributed by atoms with E-state index in [9.17, 15) is 5.11 Å². The smallest absolute Gasteiger partial charge is 0.123 e. The summed E-state index contributed by atoms with van der Waals surface area (Å²) in [5, 5.41) is 14.7. The largest absolute Gasteiger partial charge is 0.507 e. The van der Waals surface area contributed by atoms with Crippen LogP contribution >= 0.6 is 0 Å². The maximum absolute atomic E-state index is 11.2. The number of hydrogen-bond acceptors (Lipinski definition) is 3. The topological polar surface area (TPSA) is 35.5 Å². The predicted molar refractivity (Wildman–Crippen MR) is 180 cm³/mol. The van der Waals surface area contributed by atoms with Crippen LogP contribution in [0, 0.1) is 5.41 Å². The Morgan fingerprint density at radius 1 is 0.805 bits per heavy atom. The number of benzene rings is 3. The van der Waals surface area contributed by atoms with Crippen LogP contribution in [0.5, 0.6) is 5.75 Å². The summed E-state index contributed by atoms with van der Waals surface area (Å²) in [5.41, 5.74) is 7.74. The minimum atomic E-state index is -0.139. The second-order valence-corrected chi connectivity index (χ2v) is 15.0. The molecule has 3 rings (SSSR count). The van der Waals surface area contributed by atoms with Crippen LogP contribution in [-0.4, -0.2) is 11.1 Å². The van der Waals surface area contributed by atoms with Gasteiger partial charge in [-0.1, -0.05) is 99.2 Å². The van der Waals surface area contributed by atoms with Crippen molar-refractivity contribution in [3.05, 3.63) is 95.7 Å². The minimum absolute atomic E-state index is 0.139. The first kappa shape index (κ1) is 32.3. The van der Waals surface area contributed by atoms with Crippen LogP contribution in [0.3, 0.4) is 0 Å². The monoisotopic (exact) mass is 554 g/mol. The summed E-state index contributed by atoms with van der Waals surface area (Å²) in [4.78, 5) is 2.44. The maximum Gasteiger partial charge on any atom is 0.123 e. The van der Waals surface area contributed by atoms with Crippen molar-refractivity contribution in [2.75, 3.05) is 10.2 Å². The summed E-state index contributed by atoms with van der Waals surface area (Å²) >= 11 is 0. The first-order valence-corrected chi connectivity index (χ1v) is 15.2. The highest BCUT2D eigenvalue weighted by molar-refractivity contribution is 5.64. The van der Waals surface area contributed by atoms with Gasteiger partial charge in [-0.25, -0.2) is 0 Å². The van der Waals surface area contributed by atoms with Gasteiger partial charge in [-0.2, -0.15) is 0 Å². The molecule has 0 spiro atoms. The zero-order chi connectivity index (χ0) is 30.6. The highest BCUT2D eigenvalue weighted by atomic mass is 16.3. The van der Waals surface area contributed by atoms with Crippen LogP contribution in [0.15, 0.2) is 79.0 Å². The Kier molecular flexibility index (Phi) is 10.1. The second kappa shape index (κ2) is 12.8. The summed E-state index contributed by atoms with van der Waals surface area (Å²) in [5.74, 6) is 0.439. The SMILES string of the molecule is C=C(CCc1cc(C(C)(C)C)c(O)c(C(C)(C)C)c1)N(c1ccc(Nc2ccccc2)cc1)C(C)CCC(C)(C)C. The first-order valence-electron chi connectivity index (χ1n) is 15.2. The highest BCUT2D eigenvalue weighted by Gasteiger charge is 2.27. The molecule has 0 bridgehead atoms. The van der Waals surface area contributed by atoms with Gasteiger partial charge in [0.2, 0.25) is 0 Å². The van der Waals surface area contributed by atoms with Crippen molar-refractivity contribution in [3.8, 4) is 5.75 Å². The third kappa shape index (κ3) is 9.15. The average Bonchev–Trinajstić information content (AvgIpc) is 2.87. The molecule has 1 atom stereocenters. The second-order valence-electron chi connectivity index (χ2n) is 15.0. The third-order valence-electron chi connectivity index (χ3n) is 7.79. The molecule has 41 heavy (non-hydrogen) atoms. The molecule has 0 aliphatic heterocycles. The summed E-state index contributed by atoms with van der Waals surface area (Å²) < 4.78 is 0. The van der Waals surface area contributed by atoms with Crippen molar-refractivity contribution >= 4 is 17.1 Å². The molecule has 0 aliphatic rings. The summed E-state index contributed by atoms with van der Waals surface area (Å²) in [6.45, 7) is 26.9. The van der Waals surface area contributed by atoms with Gasteiger partial charge >= 0.3 is 0 Å². The molecule has 2 N–H and O–H groups in total. The summed E-state index contributed by atoms with van der Waals surface area (Å²) in [7, 11) is 0. The quantitative estimate of drug-likeness (QED) is 0.262. The van der Waals surface area contributed by atoms with Crippen molar-refractivity contribution in [1.82, 2.24) is 0 Å². The molecule has 0 fully saturated rings. The number of phenols is 1. The van der Waals surface area contributed by atoms with Crippen LogP contribution in [0.2, 0.25) is 0 Å². The van der Waals surface area contributed by atoms with Crippen molar-refractivity contribution in [2.45, 2.75) is 112 Å². The van der Waals surface area contributed by atoms with Crippen LogP contribution in [0.4, 0.5) is 17.1 Å². The Morgan fingerprint density at radius 2 is 1.32 bits per heavy atom. The number of allylic oxidation sites excluding steroid dienone is 1. The van der Waals surface area contributed by atoms with E-state index in [1.807, 2.05) is 18.2 Å². The van der Waals surface area contributed by atoms with Gasteiger partial charge in [0.05, 0.1) is 0 Å². The van der Waals surface area contributed by atoms with E-state index in [-0.39, 0.29) is 16.2 Å². The molecule has 0 radical (unpaired) electrons. The van der Waals surface area contributed by atoms with Crippen LogP contribution in [0.1, 0.15) is 105 Å². The van der Waals surface area contributed by atoms with Gasteiger partial charge in [0, 0.05) is 28.8 Å². The molecule has 0 aliphatic carbocycles. The van der Waals surface area contributed by atoms with Crippen molar-refractivity contribution in [2.24, 2.45) is 5.41 Å². The van der Waals surface area contributed by atoms with E-state index in [2.05, 4.69) is 135 Å². The van der Waals surface area contributed by atoms with Crippen molar-refractivity contribution in [3.63, 3.8) is 0 Å². The van der Waals surface area contributed by atoms with Gasteiger partial charge in [-0.05, 0) is 102 Å². The van der Waals surface area contributed by atoms with Gasteiger partial charge in [-0.15, -0.1) is 0 Å². The van der Waals surface area contributed by atoms with E-state index in [1.54, 1.807) is 0 Å². The molecule has 3 heteroatoms. The Bertz CT molecular complexity index is 1250. The molecule has 0 heterocycles. The Morgan fingerprint density at radius 3 is 1.80 bits per heavy atom. The molecule has 0 aromatic heterocycles. The number of para-hydroxylation sites is 1. The molecule has 0 amide bonds. The predicted octanol–water partition coefficient (Wildman–Crippen LogP) is 10.9. The van der Waals surface area contributed by atoms with Crippen molar-refractivity contribution < 1.29 is 5.11 Å². The molecular formula is C38H54N2O. The highest BCUT2D eigenvalue weighted by Crippen LogP contribution is 2.40. The van der Waals surface area contributed by atoms with E-state index in [0.717, 1.165) is 53.9 Å².